The summed E-state index contributed by atoms with van der Waals surface area (Å²) in [5.74, 6) is 0.824. The number of carbonyl (C=O) groups is 1. The van der Waals surface area contributed by atoms with Gasteiger partial charge in [-0.3, -0.25) is 4.79 Å². The van der Waals surface area contributed by atoms with Crippen LogP contribution in [0, 0.1) is 19.8 Å². The van der Waals surface area contributed by atoms with E-state index in [0.717, 1.165) is 36.7 Å². The molecule has 3 heteroatoms. The number of carbonyl (C=O) groups excluding carboxylic acids is 1. The van der Waals surface area contributed by atoms with Crippen LogP contribution in [-0.2, 0) is 4.74 Å². The molecule has 0 radical (unpaired) electrons. The summed E-state index contributed by atoms with van der Waals surface area (Å²) < 4.78 is 5.53. The second kappa shape index (κ2) is 6.71. The maximum absolute atomic E-state index is 12.0. The first kappa shape index (κ1) is 14.1. The lowest BCUT2D eigenvalue weighted by Gasteiger charge is -2.08. The Morgan fingerprint density at radius 3 is 2.84 bits per heavy atom. The number of amides is 1. The van der Waals surface area contributed by atoms with E-state index in [1.807, 2.05) is 32.0 Å². The van der Waals surface area contributed by atoms with Crippen molar-refractivity contribution in [2.75, 3.05) is 19.8 Å². The first-order valence-electron chi connectivity index (χ1n) is 7.10. The summed E-state index contributed by atoms with van der Waals surface area (Å²) in [6.07, 6.45) is 3.52. The highest BCUT2D eigenvalue weighted by Crippen LogP contribution is 2.28. The fraction of sp³-hybridized carbons (Fsp3) is 0.562. The Balaban J connectivity index is 1.65. The number of rotatable bonds is 7. The SMILES string of the molecule is Cc1ccc(C(=O)NCCCOCC2CC2)c(C)c1. The van der Waals surface area contributed by atoms with Crippen molar-refractivity contribution in [3.05, 3.63) is 34.9 Å². The smallest absolute Gasteiger partial charge is 0.251 e. The van der Waals surface area contributed by atoms with E-state index in [1.54, 1.807) is 0 Å². The van der Waals surface area contributed by atoms with E-state index in [2.05, 4.69) is 5.32 Å². The highest BCUT2D eigenvalue weighted by Gasteiger charge is 2.20. The van der Waals surface area contributed by atoms with Gasteiger partial charge in [0.15, 0.2) is 0 Å². The molecule has 1 fully saturated rings. The summed E-state index contributed by atoms with van der Waals surface area (Å²) in [5.41, 5.74) is 2.98. The van der Waals surface area contributed by atoms with E-state index < -0.39 is 0 Å². The van der Waals surface area contributed by atoms with Crippen molar-refractivity contribution in [1.82, 2.24) is 5.32 Å². The Hall–Kier alpha value is -1.35. The van der Waals surface area contributed by atoms with Crippen LogP contribution in [0.3, 0.4) is 0 Å². The minimum absolute atomic E-state index is 0.0136. The fourth-order valence-corrected chi connectivity index (χ4v) is 2.07. The molecule has 3 nitrogen and oxygen atoms in total. The van der Waals surface area contributed by atoms with Crippen LogP contribution in [0.2, 0.25) is 0 Å². The Morgan fingerprint density at radius 1 is 1.37 bits per heavy atom. The van der Waals surface area contributed by atoms with E-state index in [-0.39, 0.29) is 5.91 Å². The van der Waals surface area contributed by atoms with Gasteiger partial charge in [0.1, 0.15) is 0 Å². The summed E-state index contributed by atoms with van der Waals surface area (Å²) in [6, 6.07) is 5.90. The lowest BCUT2D eigenvalue weighted by Crippen LogP contribution is -2.26. The number of nitrogens with one attached hydrogen (secondary N) is 1. The summed E-state index contributed by atoms with van der Waals surface area (Å²) >= 11 is 0. The van der Waals surface area contributed by atoms with Gasteiger partial charge in [0.2, 0.25) is 0 Å². The predicted molar refractivity (Wildman–Crippen MR) is 76.4 cm³/mol. The van der Waals surface area contributed by atoms with Crippen molar-refractivity contribution in [2.45, 2.75) is 33.1 Å². The molecular weight excluding hydrogens is 238 g/mol. The number of aryl methyl sites for hydroxylation is 2. The van der Waals surface area contributed by atoms with E-state index in [1.165, 1.54) is 18.4 Å². The van der Waals surface area contributed by atoms with Crippen molar-refractivity contribution in [2.24, 2.45) is 5.92 Å². The van der Waals surface area contributed by atoms with Gasteiger partial charge in [-0.2, -0.15) is 0 Å². The molecular formula is C16H23NO2. The molecule has 1 aromatic carbocycles. The second-order valence-corrected chi connectivity index (χ2v) is 5.45. The van der Waals surface area contributed by atoms with Crippen LogP contribution in [0.4, 0.5) is 0 Å². The maximum atomic E-state index is 12.0. The first-order valence-corrected chi connectivity index (χ1v) is 7.10. The monoisotopic (exact) mass is 261 g/mol. The van der Waals surface area contributed by atoms with Gasteiger partial charge in [-0.1, -0.05) is 17.7 Å². The highest BCUT2D eigenvalue weighted by molar-refractivity contribution is 5.95. The zero-order valence-corrected chi connectivity index (χ0v) is 11.9. The largest absolute Gasteiger partial charge is 0.381 e. The van der Waals surface area contributed by atoms with Gasteiger partial charge < -0.3 is 10.1 Å². The molecule has 0 heterocycles. The van der Waals surface area contributed by atoms with Crippen molar-refractivity contribution in [3.63, 3.8) is 0 Å². The molecule has 0 atom stereocenters. The molecule has 2 rings (SSSR count). The van der Waals surface area contributed by atoms with E-state index in [9.17, 15) is 4.79 Å². The van der Waals surface area contributed by atoms with Crippen molar-refractivity contribution < 1.29 is 9.53 Å². The number of hydrogen-bond donors (Lipinski definition) is 1. The van der Waals surface area contributed by atoms with Crippen LogP contribution < -0.4 is 5.32 Å². The number of hydrogen-bond acceptors (Lipinski definition) is 2. The zero-order chi connectivity index (χ0) is 13.7. The number of benzene rings is 1. The second-order valence-electron chi connectivity index (χ2n) is 5.45. The Labute approximate surface area is 115 Å². The molecule has 1 saturated carbocycles. The molecule has 1 aromatic rings. The minimum Gasteiger partial charge on any atom is -0.381 e. The average Bonchev–Trinajstić information content (AvgIpc) is 3.17. The molecule has 104 valence electrons. The summed E-state index contributed by atoms with van der Waals surface area (Å²) in [7, 11) is 0. The van der Waals surface area contributed by atoms with E-state index in [4.69, 9.17) is 4.74 Å². The van der Waals surface area contributed by atoms with Crippen LogP contribution in [0.15, 0.2) is 18.2 Å². The standard InChI is InChI=1S/C16H23NO2/c1-12-4-7-15(13(2)10-12)16(18)17-8-3-9-19-11-14-5-6-14/h4,7,10,14H,3,5-6,8-9,11H2,1-2H3,(H,17,18). The van der Waals surface area contributed by atoms with Gasteiger partial charge in [0.05, 0.1) is 0 Å². The molecule has 1 amide bonds. The van der Waals surface area contributed by atoms with E-state index in [0.29, 0.717) is 6.54 Å². The number of ether oxygens (including phenoxy) is 1. The van der Waals surface area contributed by atoms with Gasteiger partial charge in [0, 0.05) is 25.3 Å². The van der Waals surface area contributed by atoms with E-state index >= 15 is 0 Å². The molecule has 19 heavy (non-hydrogen) atoms. The van der Waals surface area contributed by atoms with Crippen LogP contribution in [0.5, 0.6) is 0 Å². The molecule has 0 unspecified atom stereocenters. The quantitative estimate of drug-likeness (QED) is 0.766. The lowest BCUT2D eigenvalue weighted by molar-refractivity contribution is 0.0937. The average molecular weight is 261 g/mol. The van der Waals surface area contributed by atoms with Crippen LogP contribution in [0.1, 0.15) is 40.7 Å². The molecule has 0 aromatic heterocycles. The summed E-state index contributed by atoms with van der Waals surface area (Å²) in [4.78, 5) is 12.0. The highest BCUT2D eigenvalue weighted by atomic mass is 16.5. The van der Waals surface area contributed by atoms with Crippen LogP contribution >= 0.6 is 0 Å². The Bertz CT molecular complexity index is 438. The third kappa shape index (κ3) is 4.67. The zero-order valence-electron chi connectivity index (χ0n) is 11.9. The van der Waals surface area contributed by atoms with Crippen LogP contribution in [-0.4, -0.2) is 25.7 Å². The Kier molecular flexibility index (Phi) is 4.97. The Morgan fingerprint density at radius 2 is 2.16 bits per heavy atom. The third-order valence-electron chi connectivity index (χ3n) is 3.43. The summed E-state index contributed by atoms with van der Waals surface area (Å²) in [5, 5.41) is 2.94. The molecule has 1 aliphatic rings. The molecule has 0 saturated heterocycles. The maximum Gasteiger partial charge on any atom is 0.251 e. The van der Waals surface area contributed by atoms with Gasteiger partial charge in [-0.25, -0.2) is 0 Å². The predicted octanol–water partition coefficient (Wildman–Crippen LogP) is 2.85. The van der Waals surface area contributed by atoms with Gasteiger partial charge >= 0.3 is 0 Å². The van der Waals surface area contributed by atoms with Gasteiger partial charge in [-0.15, -0.1) is 0 Å². The van der Waals surface area contributed by atoms with Gasteiger partial charge in [-0.05, 0) is 50.7 Å². The van der Waals surface area contributed by atoms with Crippen molar-refractivity contribution >= 4 is 5.91 Å². The normalized spacial score (nSPS) is 14.4. The first-order chi connectivity index (χ1) is 9.16. The van der Waals surface area contributed by atoms with Crippen molar-refractivity contribution in [3.8, 4) is 0 Å². The molecule has 0 spiro atoms. The van der Waals surface area contributed by atoms with Gasteiger partial charge in [0.25, 0.3) is 5.91 Å². The fourth-order valence-electron chi connectivity index (χ4n) is 2.07. The topological polar surface area (TPSA) is 38.3 Å². The molecule has 1 N–H and O–H groups in total. The lowest BCUT2D eigenvalue weighted by atomic mass is 10.1. The minimum atomic E-state index is 0.0136. The third-order valence-corrected chi connectivity index (χ3v) is 3.43. The van der Waals surface area contributed by atoms with Crippen molar-refractivity contribution in [1.29, 1.82) is 0 Å². The molecule has 1 aliphatic carbocycles. The van der Waals surface area contributed by atoms with Crippen LogP contribution in [0.25, 0.3) is 0 Å². The molecule has 0 aliphatic heterocycles. The summed E-state index contributed by atoms with van der Waals surface area (Å²) in [6.45, 7) is 6.32. The molecule has 0 bridgehead atoms.